The van der Waals surface area contributed by atoms with E-state index in [1.54, 1.807) is 0 Å². The Hall–Kier alpha value is -1.19. The largest absolute Gasteiger partial charge is 0.368 e. The maximum Gasteiger partial charge on any atom is 0.168 e. The van der Waals surface area contributed by atoms with Crippen molar-refractivity contribution in [3.05, 3.63) is 23.9 Å². The highest BCUT2D eigenvalue weighted by atomic mass is 19.1. The number of nitrogens with one attached hydrogen (secondary N) is 1. The first-order chi connectivity index (χ1) is 7.25. The Morgan fingerprint density at radius 3 is 2.87 bits per heavy atom. The fraction of sp³-hybridized carbons (Fsp3) is 0.545. The first kappa shape index (κ1) is 10.3. The molecule has 1 N–H and O–H groups in total. The third-order valence-electron chi connectivity index (χ3n) is 2.59. The van der Waals surface area contributed by atoms with E-state index in [9.17, 15) is 8.78 Å². The van der Waals surface area contributed by atoms with E-state index < -0.39 is 11.6 Å². The minimum Gasteiger partial charge on any atom is -0.368 e. The summed E-state index contributed by atoms with van der Waals surface area (Å²) in [5, 5.41) is 2.87. The van der Waals surface area contributed by atoms with Gasteiger partial charge in [0.25, 0.3) is 0 Å². The molecule has 1 aromatic rings. The van der Waals surface area contributed by atoms with Crippen LogP contribution < -0.4 is 5.32 Å². The summed E-state index contributed by atoms with van der Waals surface area (Å²) in [5.74, 6) is -0.234. The van der Waals surface area contributed by atoms with Gasteiger partial charge in [-0.3, -0.25) is 0 Å². The van der Waals surface area contributed by atoms with Gasteiger partial charge in [0, 0.05) is 12.6 Å². The molecule has 4 heteroatoms. The Morgan fingerprint density at radius 2 is 2.20 bits per heavy atom. The molecule has 0 unspecified atom stereocenters. The number of anilines is 1. The lowest BCUT2D eigenvalue weighted by molar-refractivity contribution is 0.574. The average Bonchev–Trinajstić information content (AvgIpc) is 2.99. The lowest BCUT2D eigenvalue weighted by atomic mass is 10.2. The second-order valence-corrected chi connectivity index (χ2v) is 4.00. The quantitative estimate of drug-likeness (QED) is 0.759. The summed E-state index contributed by atoms with van der Waals surface area (Å²) >= 11 is 0. The van der Waals surface area contributed by atoms with Gasteiger partial charge in [0.05, 0.1) is 6.20 Å². The smallest absolute Gasteiger partial charge is 0.168 e. The van der Waals surface area contributed by atoms with Crippen LogP contribution in [0, 0.1) is 17.6 Å². The summed E-state index contributed by atoms with van der Waals surface area (Å²) < 4.78 is 25.6. The molecule has 0 radical (unpaired) electrons. The van der Waals surface area contributed by atoms with Crippen molar-refractivity contribution in [2.75, 3.05) is 11.9 Å². The average molecular weight is 212 g/mol. The number of nitrogens with zero attached hydrogens (tertiary/aromatic N) is 1. The highest BCUT2D eigenvalue weighted by Gasteiger charge is 2.20. The summed E-state index contributed by atoms with van der Waals surface area (Å²) in [5.41, 5.74) is 0. The van der Waals surface area contributed by atoms with E-state index >= 15 is 0 Å². The van der Waals surface area contributed by atoms with Crippen LogP contribution in [0.5, 0.6) is 0 Å². The molecule has 1 aliphatic carbocycles. The molecule has 2 rings (SSSR count). The Bertz CT molecular complexity index is 337. The van der Waals surface area contributed by atoms with Crippen molar-refractivity contribution in [1.82, 2.24) is 4.98 Å². The molecular formula is C11H14F2N2. The summed E-state index contributed by atoms with van der Waals surface area (Å²) in [7, 11) is 0. The molecule has 2 nitrogen and oxygen atoms in total. The molecule has 0 spiro atoms. The van der Waals surface area contributed by atoms with E-state index in [0.717, 1.165) is 24.6 Å². The van der Waals surface area contributed by atoms with E-state index in [0.29, 0.717) is 6.54 Å². The first-order valence-corrected chi connectivity index (χ1v) is 5.30. The molecule has 1 fully saturated rings. The van der Waals surface area contributed by atoms with Gasteiger partial charge < -0.3 is 5.32 Å². The lowest BCUT2D eigenvalue weighted by Crippen LogP contribution is -2.05. The standard InChI is InChI=1S/C11H14F2N2/c12-9-6-10(13)11(15-7-9)14-5-1-2-8-3-4-8/h6-8H,1-5H2,(H,14,15). The van der Waals surface area contributed by atoms with Crippen LogP contribution in [0.15, 0.2) is 12.3 Å². The van der Waals surface area contributed by atoms with Crippen LogP contribution in [0.1, 0.15) is 25.7 Å². The van der Waals surface area contributed by atoms with Crippen LogP contribution in [-0.4, -0.2) is 11.5 Å². The molecule has 0 aromatic carbocycles. The van der Waals surface area contributed by atoms with Gasteiger partial charge in [-0.2, -0.15) is 0 Å². The van der Waals surface area contributed by atoms with Gasteiger partial charge >= 0.3 is 0 Å². The fourth-order valence-electron chi connectivity index (χ4n) is 1.55. The third-order valence-corrected chi connectivity index (χ3v) is 2.59. The van der Waals surface area contributed by atoms with E-state index in [2.05, 4.69) is 10.3 Å². The van der Waals surface area contributed by atoms with Crippen LogP contribution in [0.3, 0.4) is 0 Å². The molecule has 1 aromatic heterocycles. The predicted molar refractivity (Wildman–Crippen MR) is 54.6 cm³/mol. The normalized spacial score (nSPS) is 15.3. The van der Waals surface area contributed by atoms with E-state index in [1.165, 1.54) is 19.3 Å². The third kappa shape index (κ3) is 3.15. The van der Waals surface area contributed by atoms with Gasteiger partial charge in [-0.15, -0.1) is 0 Å². The van der Waals surface area contributed by atoms with Crippen molar-refractivity contribution in [3.63, 3.8) is 0 Å². The molecule has 0 bridgehead atoms. The predicted octanol–water partition coefficient (Wildman–Crippen LogP) is 2.96. The summed E-state index contributed by atoms with van der Waals surface area (Å²) in [6.45, 7) is 0.700. The molecule has 1 heterocycles. The second-order valence-electron chi connectivity index (χ2n) is 4.00. The van der Waals surface area contributed by atoms with E-state index in [1.807, 2.05) is 0 Å². The molecule has 0 aliphatic heterocycles. The van der Waals surface area contributed by atoms with Crippen LogP contribution in [0.25, 0.3) is 0 Å². The number of aromatic nitrogens is 1. The van der Waals surface area contributed by atoms with Crippen molar-refractivity contribution < 1.29 is 8.78 Å². The van der Waals surface area contributed by atoms with Gasteiger partial charge in [0.2, 0.25) is 0 Å². The van der Waals surface area contributed by atoms with Crippen molar-refractivity contribution in [2.45, 2.75) is 25.7 Å². The van der Waals surface area contributed by atoms with Crippen molar-refractivity contribution in [2.24, 2.45) is 5.92 Å². The zero-order valence-corrected chi connectivity index (χ0v) is 8.47. The van der Waals surface area contributed by atoms with Crippen LogP contribution in [-0.2, 0) is 0 Å². The summed E-state index contributed by atoms with van der Waals surface area (Å²) in [4.78, 5) is 3.65. The summed E-state index contributed by atoms with van der Waals surface area (Å²) in [6, 6.07) is 0.843. The zero-order chi connectivity index (χ0) is 10.7. The Balaban J connectivity index is 1.76. The Labute approximate surface area is 87.7 Å². The minimum atomic E-state index is -0.643. The maximum absolute atomic E-state index is 13.1. The van der Waals surface area contributed by atoms with Gasteiger partial charge in [-0.1, -0.05) is 12.8 Å². The molecule has 82 valence electrons. The van der Waals surface area contributed by atoms with Gasteiger partial charge in [0.1, 0.15) is 5.82 Å². The Morgan fingerprint density at radius 1 is 1.40 bits per heavy atom. The van der Waals surface area contributed by atoms with Crippen LogP contribution in [0.2, 0.25) is 0 Å². The highest BCUT2D eigenvalue weighted by Crippen LogP contribution is 2.33. The molecule has 0 saturated heterocycles. The fourth-order valence-corrected chi connectivity index (χ4v) is 1.55. The SMILES string of the molecule is Fc1cnc(NCCCC2CC2)c(F)c1. The molecule has 15 heavy (non-hydrogen) atoms. The van der Waals surface area contributed by atoms with E-state index in [-0.39, 0.29) is 5.82 Å². The van der Waals surface area contributed by atoms with E-state index in [4.69, 9.17) is 0 Å². The van der Waals surface area contributed by atoms with Crippen molar-refractivity contribution in [1.29, 1.82) is 0 Å². The second kappa shape index (κ2) is 4.55. The topological polar surface area (TPSA) is 24.9 Å². The Kier molecular flexibility index (Phi) is 3.14. The highest BCUT2D eigenvalue weighted by molar-refractivity contribution is 5.35. The van der Waals surface area contributed by atoms with Crippen molar-refractivity contribution >= 4 is 5.82 Å². The number of hydrogen-bond donors (Lipinski definition) is 1. The molecule has 1 aliphatic rings. The van der Waals surface area contributed by atoms with Gasteiger partial charge in [-0.05, 0) is 18.8 Å². The molecule has 0 amide bonds. The van der Waals surface area contributed by atoms with Gasteiger partial charge in [0.15, 0.2) is 11.6 Å². The van der Waals surface area contributed by atoms with Gasteiger partial charge in [-0.25, -0.2) is 13.8 Å². The number of pyridine rings is 1. The monoisotopic (exact) mass is 212 g/mol. The van der Waals surface area contributed by atoms with Crippen LogP contribution in [0.4, 0.5) is 14.6 Å². The summed E-state index contributed by atoms with van der Waals surface area (Å²) in [6.07, 6.45) is 5.90. The minimum absolute atomic E-state index is 0.146. The molecule has 0 atom stereocenters. The lowest BCUT2D eigenvalue weighted by Gasteiger charge is -2.05. The molecular weight excluding hydrogens is 198 g/mol. The number of hydrogen-bond acceptors (Lipinski definition) is 2. The number of halogens is 2. The van der Waals surface area contributed by atoms with Crippen molar-refractivity contribution in [3.8, 4) is 0 Å². The first-order valence-electron chi connectivity index (χ1n) is 5.30. The van der Waals surface area contributed by atoms with Crippen LogP contribution >= 0.6 is 0 Å². The zero-order valence-electron chi connectivity index (χ0n) is 8.47. The number of rotatable bonds is 5. The molecule has 1 saturated carbocycles. The maximum atomic E-state index is 13.1.